The van der Waals surface area contributed by atoms with Crippen molar-refractivity contribution in [2.24, 2.45) is 0 Å². The van der Waals surface area contributed by atoms with Crippen LogP contribution in [0.2, 0.25) is 0 Å². The number of sulfonamides is 1. The molecule has 0 saturated heterocycles. The van der Waals surface area contributed by atoms with Gasteiger partial charge in [0.2, 0.25) is 15.9 Å². The Morgan fingerprint density at radius 1 is 1.29 bits per heavy atom. The van der Waals surface area contributed by atoms with E-state index in [1.807, 2.05) is 12.1 Å². The van der Waals surface area contributed by atoms with Crippen molar-refractivity contribution in [1.82, 2.24) is 14.6 Å². The second-order valence-electron chi connectivity index (χ2n) is 6.41. The minimum Gasteiger partial charge on any atom is -0.352 e. The number of rotatable bonds is 7. The van der Waals surface area contributed by atoms with Gasteiger partial charge in [-0.05, 0) is 24.5 Å². The average Bonchev–Trinajstić information content (AvgIpc) is 2.82. The van der Waals surface area contributed by atoms with Crippen LogP contribution in [-0.4, -0.2) is 42.5 Å². The van der Waals surface area contributed by atoms with E-state index in [1.165, 1.54) is 23.4 Å². The molecule has 0 bridgehead atoms. The van der Waals surface area contributed by atoms with Crippen molar-refractivity contribution in [2.75, 3.05) is 12.8 Å². The summed E-state index contributed by atoms with van der Waals surface area (Å²) in [6.45, 7) is 0.664. The van der Waals surface area contributed by atoms with Gasteiger partial charge in [0, 0.05) is 37.9 Å². The number of hydrogen-bond donors (Lipinski definition) is 1. The fourth-order valence-electron chi connectivity index (χ4n) is 3.17. The SMILES string of the molecule is CS(=O)(=O)N(CCC(=O)NCc1cccnc1)C1CCCCCC1. The van der Waals surface area contributed by atoms with E-state index in [4.69, 9.17) is 0 Å². The molecule has 1 aromatic heterocycles. The van der Waals surface area contributed by atoms with E-state index in [0.717, 1.165) is 31.2 Å². The van der Waals surface area contributed by atoms with Gasteiger partial charge in [0.15, 0.2) is 0 Å². The molecule has 0 unspecified atom stereocenters. The molecule has 1 aliphatic carbocycles. The summed E-state index contributed by atoms with van der Waals surface area (Å²) in [5, 5.41) is 2.82. The molecule has 1 fully saturated rings. The molecular weight excluding hydrogens is 326 g/mol. The lowest BCUT2D eigenvalue weighted by atomic mass is 10.1. The number of nitrogens with one attached hydrogen (secondary N) is 1. The van der Waals surface area contributed by atoms with E-state index in [9.17, 15) is 13.2 Å². The smallest absolute Gasteiger partial charge is 0.221 e. The molecule has 6 nitrogen and oxygen atoms in total. The third-order valence-corrected chi connectivity index (χ3v) is 5.76. The van der Waals surface area contributed by atoms with Crippen LogP contribution in [0.25, 0.3) is 0 Å². The highest BCUT2D eigenvalue weighted by molar-refractivity contribution is 7.88. The summed E-state index contributed by atoms with van der Waals surface area (Å²) in [7, 11) is -3.30. The summed E-state index contributed by atoms with van der Waals surface area (Å²) >= 11 is 0. The minimum absolute atomic E-state index is 0.0358. The van der Waals surface area contributed by atoms with Gasteiger partial charge < -0.3 is 5.32 Å². The molecule has 1 amide bonds. The van der Waals surface area contributed by atoms with Gasteiger partial charge in [-0.1, -0.05) is 31.7 Å². The maximum Gasteiger partial charge on any atom is 0.221 e. The van der Waals surface area contributed by atoms with Gasteiger partial charge in [-0.3, -0.25) is 9.78 Å². The second kappa shape index (κ2) is 9.13. The molecule has 0 atom stereocenters. The van der Waals surface area contributed by atoms with E-state index < -0.39 is 10.0 Å². The number of nitrogens with zero attached hydrogens (tertiary/aromatic N) is 2. The van der Waals surface area contributed by atoms with Crippen LogP contribution in [0.1, 0.15) is 50.5 Å². The van der Waals surface area contributed by atoms with Crippen LogP contribution in [0.15, 0.2) is 24.5 Å². The Balaban J connectivity index is 1.86. The van der Waals surface area contributed by atoms with E-state index in [1.54, 1.807) is 12.4 Å². The van der Waals surface area contributed by atoms with Crippen LogP contribution < -0.4 is 5.32 Å². The topological polar surface area (TPSA) is 79.4 Å². The molecule has 2 rings (SSSR count). The molecule has 0 radical (unpaired) electrons. The largest absolute Gasteiger partial charge is 0.352 e. The zero-order chi connectivity index (χ0) is 17.4. The number of amides is 1. The molecule has 134 valence electrons. The lowest BCUT2D eigenvalue weighted by Gasteiger charge is -2.28. The van der Waals surface area contributed by atoms with Crippen molar-refractivity contribution in [2.45, 2.75) is 57.5 Å². The van der Waals surface area contributed by atoms with Gasteiger partial charge in [0.25, 0.3) is 0 Å². The summed E-state index contributed by atoms with van der Waals surface area (Å²) in [4.78, 5) is 16.0. The lowest BCUT2D eigenvalue weighted by Crippen LogP contribution is -2.41. The molecule has 1 N–H and O–H groups in total. The van der Waals surface area contributed by atoms with Crippen LogP contribution >= 0.6 is 0 Å². The molecular formula is C17H27N3O3S. The number of pyridine rings is 1. The highest BCUT2D eigenvalue weighted by atomic mass is 32.2. The normalized spacial score (nSPS) is 16.8. The van der Waals surface area contributed by atoms with Crippen molar-refractivity contribution >= 4 is 15.9 Å². The summed E-state index contributed by atoms with van der Waals surface area (Å²) in [5.41, 5.74) is 0.926. The Bertz CT molecular complexity index is 611. The van der Waals surface area contributed by atoms with Crippen molar-refractivity contribution in [1.29, 1.82) is 0 Å². The Hall–Kier alpha value is -1.47. The maximum absolute atomic E-state index is 12.1. The van der Waals surface area contributed by atoms with Gasteiger partial charge in [-0.2, -0.15) is 4.31 Å². The van der Waals surface area contributed by atoms with Crippen LogP contribution in [0.3, 0.4) is 0 Å². The van der Waals surface area contributed by atoms with Crippen molar-refractivity contribution < 1.29 is 13.2 Å². The third-order valence-electron chi connectivity index (χ3n) is 4.43. The minimum atomic E-state index is -3.30. The summed E-state index contributed by atoms with van der Waals surface area (Å²) < 4.78 is 25.8. The molecule has 0 aromatic carbocycles. The standard InChI is InChI=1S/C17H27N3O3S/c1-24(22,23)20(16-8-4-2-3-5-9-16)12-10-17(21)19-14-15-7-6-11-18-13-15/h6-7,11,13,16H,2-5,8-10,12,14H2,1H3,(H,19,21). The molecule has 1 saturated carbocycles. The van der Waals surface area contributed by atoms with Gasteiger partial charge in [-0.25, -0.2) is 8.42 Å². The number of carbonyl (C=O) groups is 1. The Morgan fingerprint density at radius 2 is 2.00 bits per heavy atom. The van der Waals surface area contributed by atoms with E-state index in [-0.39, 0.29) is 24.9 Å². The lowest BCUT2D eigenvalue weighted by molar-refractivity contribution is -0.121. The van der Waals surface area contributed by atoms with Crippen molar-refractivity contribution in [3.8, 4) is 0 Å². The first-order valence-corrected chi connectivity index (χ1v) is 10.4. The van der Waals surface area contributed by atoms with Gasteiger partial charge >= 0.3 is 0 Å². The Kier molecular flexibility index (Phi) is 7.17. The second-order valence-corrected chi connectivity index (χ2v) is 8.34. The Morgan fingerprint density at radius 3 is 2.58 bits per heavy atom. The molecule has 1 heterocycles. The average molecular weight is 353 g/mol. The van der Waals surface area contributed by atoms with E-state index >= 15 is 0 Å². The molecule has 1 aromatic rings. The van der Waals surface area contributed by atoms with Gasteiger partial charge in [0.1, 0.15) is 0 Å². The number of aromatic nitrogens is 1. The van der Waals surface area contributed by atoms with Crippen molar-refractivity contribution in [3.05, 3.63) is 30.1 Å². The first kappa shape index (κ1) is 18.9. The van der Waals surface area contributed by atoms with Crippen LogP contribution in [0.5, 0.6) is 0 Å². The first-order valence-electron chi connectivity index (χ1n) is 8.59. The van der Waals surface area contributed by atoms with E-state index in [0.29, 0.717) is 6.54 Å². The number of carbonyl (C=O) groups excluding carboxylic acids is 1. The highest BCUT2D eigenvalue weighted by Crippen LogP contribution is 2.23. The number of hydrogen-bond acceptors (Lipinski definition) is 4. The zero-order valence-corrected chi connectivity index (χ0v) is 15.1. The Labute approximate surface area is 144 Å². The third kappa shape index (κ3) is 6.20. The first-order chi connectivity index (χ1) is 11.5. The van der Waals surface area contributed by atoms with Crippen molar-refractivity contribution in [3.63, 3.8) is 0 Å². The van der Waals surface area contributed by atoms with Crippen LogP contribution in [0, 0.1) is 0 Å². The maximum atomic E-state index is 12.1. The fraction of sp³-hybridized carbons (Fsp3) is 0.647. The van der Waals surface area contributed by atoms with Crippen LogP contribution in [0.4, 0.5) is 0 Å². The van der Waals surface area contributed by atoms with Gasteiger partial charge in [-0.15, -0.1) is 0 Å². The summed E-state index contributed by atoms with van der Waals surface area (Å²) in [5.74, 6) is -0.138. The monoisotopic (exact) mass is 353 g/mol. The van der Waals surface area contributed by atoms with Gasteiger partial charge in [0.05, 0.1) is 6.26 Å². The van der Waals surface area contributed by atoms with E-state index in [2.05, 4.69) is 10.3 Å². The molecule has 0 spiro atoms. The zero-order valence-electron chi connectivity index (χ0n) is 14.3. The summed E-state index contributed by atoms with van der Waals surface area (Å²) in [6, 6.07) is 3.74. The molecule has 0 aliphatic heterocycles. The predicted molar refractivity (Wildman–Crippen MR) is 93.7 cm³/mol. The fourth-order valence-corrected chi connectivity index (χ4v) is 4.34. The molecule has 24 heavy (non-hydrogen) atoms. The molecule has 7 heteroatoms. The summed E-state index contributed by atoms with van der Waals surface area (Å²) in [6.07, 6.45) is 11.0. The molecule has 1 aliphatic rings. The highest BCUT2D eigenvalue weighted by Gasteiger charge is 2.27. The van der Waals surface area contributed by atoms with Crippen LogP contribution in [-0.2, 0) is 21.4 Å². The predicted octanol–water partition coefficient (Wildman–Crippen LogP) is 2.07. The quantitative estimate of drug-likeness (QED) is 0.761.